The summed E-state index contributed by atoms with van der Waals surface area (Å²) in [5.41, 5.74) is 10.9. The van der Waals surface area contributed by atoms with E-state index in [9.17, 15) is 0 Å². The third-order valence-electron chi connectivity index (χ3n) is 10.4. The summed E-state index contributed by atoms with van der Waals surface area (Å²) in [5.74, 6) is 1.01. The second-order valence-electron chi connectivity index (χ2n) is 14.6. The van der Waals surface area contributed by atoms with Crippen LogP contribution in [-0.4, -0.2) is 159 Å². The molecule has 7 saturated heterocycles. The topological polar surface area (TPSA) is 71.2 Å². The number of likely N-dealkylation sites (tertiary alicyclic amines) is 2. The smallest absolute Gasteiger partial charge is 0.0418 e. The van der Waals surface area contributed by atoms with Crippen LogP contribution in [0.15, 0.2) is 0 Å². The highest BCUT2D eigenvalue weighted by molar-refractivity contribution is 5.26. The molecule has 4 bridgehead atoms. The zero-order chi connectivity index (χ0) is 29.1. The van der Waals surface area contributed by atoms with Crippen LogP contribution in [0.4, 0.5) is 0 Å². The molecular weight excluding hydrogens is 484 g/mol. The molecule has 230 valence electrons. The zero-order valence-corrected chi connectivity index (χ0v) is 27.4. The standard InChI is InChI=1S/C9H16N2.2C8H16N2.2C3H9N/c1-10-5-7-3-4-9(7)8(6-10)11(9)2;1-9-5-8-4-3-7(9)6-10(8)2;1-9-5-7-3-4-8(6-9)10(7)2;2*1-3(2)4/h7-8H,3-6H2,1-2H3;2*7-8H,3-6H2,1-2H3;2*3H,4H2,1-2H3. The number of nitrogens with zero attached hydrogens (tertiary/aromatic N) is 6. The minimum atomic E-state index is 0.333. The van der Waals surface area contributed by atoms with Crippen molar-refractivity contribution in [1.82, 2.24) is 29.4 Å². The van der Waals surface area contributed by atoms with E-state index >= 15 is 0 Å². The average Bonchev–Trinajstić information content (AvgIpc) is 3.38. The van der Waals surface area contributed by atoms with Gasteiger partial charge in [0.25, 0.3) is 0 Å². The number of likely N-dealkylation sites (N-methyl/N-ethyl adjacent to an activating group) is 6. The van der Waals surface area contributed by atoms with Crippen LogP contribution in [0.3, 0.4) is 0 Å². The van der Waals surface area contributed by atoms with Crippen LogP contribution in [0.1, 0.15) is 66.2 Å². The van der Waals surface area contributed by atoms with Crippen LogP contribution in [0.25, 0.3) is 0 Å². The van der Waals surface area contributed by atoms with Crippen molar-refractivity contribution in [3.63, 3.8) is 0 Å². The van der Waals surface area contributed by atoms with Gasteiger partial charge in [0.2, 0.25) is 0 Å². The van der Waals surface area contributed by atoms with E-state index in [4.69, 9.17) is 11.5 Å². The van der Waals surface area contributed by atoms with Crippen LogP contribution in [0, 0.1) is 5.92 Å². The van der Waals surface area contributed by atoms with E-state index in [-0.39, 0.29) is 0 Å². The molecule has 1 spiro atoms. The Morgan fingerprint density at radius 1 is 0.564 bits per heavy atom. The number of piperazine rings is 2. The van der Waals surface area contributed by atoms with Crippen LogP contribution in [0.2, 0.25) is 0 Å². The maximum absolute atomic E-state index is 5.11. The number of nitrogens with two attached hydrogens (primary N) is 2. The summed E-state index contributed by atoms with van der Waals surface area (Å²) in [4.78, 5) is 15.1. The van der Waals surface area contributed by atoms with E-state index in [2.05, 4.69) is 71.7 Å². The minimum Gasteiger partial charge on any atom is -0.328 e. The van der Waals surface area contributed by atoms with Crippen molar-refractivity contribution in [3.8, 4) is 0 Å². The van der Waals surface area contributed by atoms with Gasteiger partial charge in [0.15, 0.2) is 0 Å². The molecule has 8 nitrogen and oxygen atoms in total. The fourth-order valence-corrected chi connectivity index (χ4v) is 7.97. The summed E-state index contributed by atoms with van der Waals surface area (Å²) in [6.07, 6.45) is 8.64. The first kappa shape index (κ1) is 33.2. The molecule has 0 radical (unpaired) electrons. The van der Waals surface area contributed by atoms with Crippen molar-refractivity contribution in [1.29, 1.82) is 0 Å². The van der Waals surface area contributed by atoms with Gasteiger partial charge in [0.1, 0.15) is 0 Å². The highest BCUT2D eigenvalue weighted by Crippen LogP contribution is 2.60. The second-order valence-corrected chi connectivity index (χ2v) is 14.6. The summed E-state index contributed by atoms with van der Waals surface area (Å²) in [6.45, 7) is 15.6. The molecule has 4 N–H and O–H groups in total. The molecule has 8 rings (SSSR count). The Hall–Kier alpha value is -0.320. The first-order valence-corrected chi connectivity index (χ1v) is 16.0. The maximum atomic E-state index is 5.11. The van der Waals surface area contributed by atoms with Gasteiger partial charge in [-0.05, 0) is 98.8 Å². The van der Waals surface area contributed by atoms with Crippen molar-refractivity contribution in [2.24, 2.45) is 17.4 Å². The Bertz CT molecular complexity index is 674. The lowest BCUT2D eigenvalue weighted by Gasteiger charge is -2.48. The quantitative estimate of drug-likeness (QED) is 0.443. The van der Waals surface area contributed by atoms with Crippen molar-refractivity contribution >= 4 is 0 Å². The van der Waals surface area contributed by atoms with E-state index < -0.39 is 0 Å². The van der Waals surface area contributed by atoms with Gasteiger partial charge in [0, 0.05) is 75.0 Å². The molecule has 7 heterocycles. The fourth-order valence-electron chi connectivity index (χ4n) is 7.97. The van der Waals surface area contributed by atoms with Crippen molar-refractivity contribution in [2.75, 3.05) is 81.6 Å². The summed E-state index contributed by atoms with van der Waals surface area (Å²) in [7, 11) is 13.6. The molecule has 7 aliphatic heterocycles. The Morgan fingerprint density at radius 2 is 0.974 bits per heavy atom. The van der Waals surface area contributed by atoms with Crippen LogP contribution < -0.4 is 11.5 Å². The van der Waals surface area contributed by atoms with Gasteiger partial charge < -0.3 is 31.1 Å². The predicted molar refractivity (Wildman–Crippen MR) is 167 cm³/mol. The molecular formula is C31H66N8. The number of hydrogen-bond acceptors (Lipinski definition) is 8. The van der Waals surface area contributed by atoms with Crippen molar-refractivity contribution in [2.45, 2.75) is 114 Å². The monoisotopic (exact) mass is 551 g/mol. The van der Waals surface area contributed by atoms with Gasteiger partial charge in [0.05, 0.1) is 0 Å². The first-order valence-electron chi connectivity index (χ1n) is 16.0. The van der Waals surface area contributed by atoms with Crippen molar-refractivity contribution in [3.05, 3.63) is 0 Å². The van der Waals surface area contributed by atoms with Gasteiger partial charge in [-0.25, -0.2) is 0 Å². The average molecular weight is 551 g/mol. The van der Waals surface area contributed by atoms with E-state index in [1.165, 1.54) is 77.8 Å². The molecule has 1 aliphatic carbocycles. The molecule has 39 heavy (non-hydrogen) atoms. The van der Waals surface area contributed by atoms with E-state index in [1.54, 1.807) is 0 Å². The minimum absolute atomic E-state index is 0.333. The Morgan fingerprint density at radius 3 is 1.31 bits per heavy atom. The van der Waals surface area contributed by atoms with Crippen LogP contribution in [0.5, 0.6) is 0 Å². The van der Waals surface area contributed by atoms with Gasteiger partial charge in [-0.2, -0.15) is 0 Å². The Labute approximate surface area is 242 Å². The lowest BCUT2D eigenvalue weighted by atomic mass is 9.68. The lowest BCUT2D eigenvalue weighted by molar-refractivity contribution is 0.00971. The van der Waals surface area contributed by atoms with Gasteiger partial charge in [-0.15, -0.1) is 0 Å². The fraction of sp³-hybridized carbons (Fsp3) is 1.00. The Balaban J connectivity index is 0.000000143. The number of rotatable bonds is 0. The third kappa shape index (κ3) is 8.38. The maximum Gasteiger partial charge on any atom is 0.0418 e. The van der Waals surface area contributed by atoms with Crippen LogP contribution in [-0.2, 0) is 0 Å². The molecule has 0 aromatic rings. The molecule has 0 aromatic heterocycles. The van der Waals surface area contributed by atoms with E-state index in [0.29, 0.717) is 17.6 Å². The Kier molecular flexibility index (Phi) is 12.1. The largest absolute Gasteiger partial charge is 0.328 e. The molecule has 8 heteroatoms. The molecule has 8 aliphatic rings. The summed E-state index contributed by atoms with van der Waals surface area (Å²) in [6, 6.07) is 5.03. The molecule has 8 unspecified atom stereocenters. The second kappa shape index (κ2) is 14.2. The van der Waals surface area contributed by atoms with Crippen molar-refractivity contribution < 1.29 is 0 Å². The summed E-state index contributed by atoms with van der Waals surface area (Å²) >= 11 is 0. The highest BCUT2D eigenvalue weighted by atomic mass is 15.4. The predicted octanol–water partition coefficient (Wildman–Crippen LogP) is 1.89. The SMILES string of the molecule is CC(C)N.CC(C)N.CN1CC2CCC(C1)N2C.CN1CC2CCC1CN2C.CN1CC2CCC23C(C1)N3C. The first-order chi connectivity index (χ1) is 18.3. The normalized spacial score (nSPS) is 40.9. The molecule has 8 fully saturated rings. The molecule has 8 atom stereocenters. The lowest BCUT2D eigenvalue weighted by Crippen LogP contribution is -2.59. The van der Waals surface area contributed by atoms with Gasteiger partial charge >= 0.3 is 0 Å². The highest BCUT2D eigenvalue weighted by Gasteiger charge is 2.70. The van der Waals surface area contributed by atoms with Crippen LogP contribution >= 0.6 is 0 Å². The summed E-state index contributed by atoms with van der Waals surface area (Å²) in [5, 5.41) is 0. The van der Waals surface area contributed by atoms with E-state index in [0.717, 1.165) is 36.1 Å². The van der Waals surface area contributed by atoms with Gasteiger partial charge in [-0.1, -0.05) is 27.7 Å². The molecule has 1 saturated carbocycles. The third-order valence-corrected chi connectivity index (χ3v) is 10.4. The number of hydrogen-bond donors (Lipinski definition) is 2. The number of piperidine rings is 3. The van der Waals surface area contributed by atoms with E-state index in [1.807, 2.05) is 27.7 Å². The molecule has 0 aromatic carbocycles. The molecule has 0 amide bonds. The summed E-state index contributed by atoms with van der Waals surface area (Å²) < 4.78 is 0. The van der Waals surface area contributed by atoms with Gasteiger partial charge in [-0.3, -0.25) is 9.80 Å². The zero-order valence-electron chi connectivity index (χ0n) is 27.4. The number of fused-ring (bicyclic) bond motifs is 5.